The number of ketones is 1. The van der Waals surface area contributed by atoms with Gasteiger partial charge < -0.3 is 9.84 Å². The summed E-state index contributed by atoms with van der Waals surface area (Å²) in [5, 5.41) is 10.4. The van der Waals surface area contributed by atoms with Gasteiger partial charge in [-0.2, -0.15) is 0 Å². The molecule has 0 aliphatic heterocycles. The minimum absolute atomic E-state index is 0.0789. The summed E-state index contributed by atoms with van der Waals surface area (Å²) in [6, 6.07) is 8.26. The van der Waals surface area contributed by atoms with Crippen LogP contribution in [0.3, 0.4) is 0 Å². The number of carboxylic acids is 1. The lowest BCUT2D eigenvalue weighted by molar-refractivity contribution is 0.0701. The van der Waals surface area contributed by atoms with E-state index in [0.717, 1.165) is 11.3 Å². The first-order valence-electron chi connectivity index (χ1n) is 5.73. The second-order valence-corrected chi connectivity index (χ2v) is 4.77. The van der Waals surface area contributed by atoms with E-state index in [1.807, 2.05) is 6.92 Å². The average Bonchev–Trinajstić information content (AvgIpc) is 2.87. The first-order chi connectivity index (χ1) is 9.10. The van der Waals surface area contributed by atoms with Crippen LogP contribution >= 0.6 is 11.3 Å². The maximum absolute atomic E-state index is 11.5. The molecule has 0 saturated carbocycles. The normalized spacial score (nSPS) is 10.2. The predicted octanol–water partition coefficient (Wildman–Crippen LogP) is 3.83. The molecule has 98 valence electrons. The van der Waals surface area contributed by atoms with Crippen molar-refractivity contribution in [3.05, 3.63) is 46.2 Å². The maximum Gasteiger partial charge on any atom is 0.346 e. The van der Waals surface area contributed by atoms with Crippen molar-refractivity contribution < 1.29 is 19.4 Å². The second-order valence-electron chi connectivity index (χ2n) is 3.85. The molecule has 0 saturated heterocycles. The highest BCUT2D eigenvalue weighted by molar-refractivity contribution is 7.12. The number of hydrogen-bond donors (Lipinski definition) is 1. The number of carbonyl (C=O) groups excluding carboxylic acids is 1. The molecule has 2 aromatic rings. The molecule has 1 aromatic carbocycles. The molecule has 0 unspecified atom stereocenters. The van der Waals surface area contributed by atoms with Gasteiger partial charge in [0.15, 0.2) is 5.78 Å². The van der Waals surface area contributed by atoms with Crippen molar-refractivity contribution in [3.8, 4) is 11.5 Å². The van der Waals surface area contributed by atoms with Crippen LogP contribution in [-0.2, 0) is 0 Å². The topological polar surface area (TPSA) is 63.6 Å². The van der Waals surface area contributed by atoms with Gasteiger partial charge in [-0.1, -0.05) is 6.92 Å². The van der Waals surface area contributed by atoms with Gasteiger partial charge in [-0.25, -0.2) is 4.79 Å². The van der Waals surface area contributed by atoms with Crippen LogP contribution in [0.2, 0.25) is 0 Å². The molecule has 0 aliphatic rings. The number of carbonyl (C=O) groups is 2. The van der Waals surface area contributed by atoms with Crippen LogP contribution in [0, 0.1) is 0 Å². The fourth-order valence-corrected chi connectivity index (χ4v) is 2.18. The summed E-state index contributed by atoms with van der Waals surface area (Å²) in [6.45, 7) is 1.81. The van der Waals surface area contributed by atoms with Crippen LogP contribution in [0.5, 0.6) is 11.5 Å². The van der Waals surface area contributed by atoms with E-state index in [2.05, 4.69) is 0 Å². The zero-order chi connectivity index (χ0) is 13.8. The third-order valence-electron chi connectivity index (χ3n) is 2.52. The number of ether oxygens (including phenoxy) is 1. The Kier molecular flexibility index (Phi) is 3.97. The molecule has 0 amide bonds. The largest absolute Gasteiger partial charge is 0.477 e. The van der Waals surface area contributed by atoms with Gasteiger partial charge >= 0.3 is 5.97 Å². The van der Waals surface area contributed by atoms with Gasteiger partial charge in [0.1, 0.15) is 16.4 Å². The summed E-state index contributed by atoms with van der Waals surface area (Å²) in [5.41, 5.74) is 0.645. The molecular formula is C14H12O4S. The Morgan fingerprint density at radius 1 is 1.21 bits per heavy atom. The lowest BCUT2D eigenvalue weighted by Gasteiger charge is -2.03. The van der Waals surface area contributed by atoms with Gasteiger partial charge in [-0.05, 0) is 24.3 Å². The van der Waals surface area contributed by atoms with Gasteiger partial charge in [0, 0.05) is 23.4 Å². The quantitative estimate of drug-likeness (QED) is 0.843. The summed E-state index contributed by atoms with van der Waals surface area (Å²) < 4.78 is 5.51. The third-order valence-corrected chi connectivity index (χ3v) is 3.42. The lowest BCUT2D eigenvalue weighted by Crippen LogP contribution is -1.95. The summed E-state index contributed by atoms with van der Waals surface area (Å²) in [7, 11) is 0. The number of Topliss-reactive ketones (excluding diaryl/α,β-unsaturated/α-hetero) is 1. The van der Waals surface area contributed by atoms with Gasteiger partial charge in [0.25, 0.3) is 0 Å². The molecule has 1 heterocycles. The van der Waals surface area contributed by atoms with E-state index in [1.54, 1.807) is 29.6 Å². The summed E-state index contributed by atoms with van der Waals surface area (Å²) in [4.78, 5) is 22.4. The van der Waals surface area contributed by atoms with Crippen LogP contribution < -0.4 is 4.74 Å². The molecule has 5 heteroatoms. The molecule has 0 spiro atoms. The fourth-order valence-electron chi connectivity index (χ4n) is 1.53. The lowest BCUT2D eigenvalue weighted by atomic mass is 10.1. The van der Waals surface area contributed by atoms with E-state index in [9.17, 15) is 9.59 Å². The molecule has 2 rings (SSSR count). The number of rotatable bonds is 5. The van der Waals surface area contributed by atoms with Gasteiger partial charge in [-0.3, -0.25) is 4.79 Å². The molecule has 0 aliphatic carbocycles. The Balaban J connectivity index is 2.10. The Hall–Kier alpha value is -2.14. The average molecular weight is 276 g/mol. The van der Waals surface area contributed by atoms with Crippen molar-refractivity contribution in [2.75, 3.05) is 0 Å². The maximum atomic E-state index is 11.5. The van der Waals surface area contributed by atoms with Crippen molar-refractivity contribution in [3.63, 3.8) is 0 Å². The van der Waals surface area contributed by atoms with Gasteiger partial charge in [0.05, 0.1) is 0 Å². The summed E-state index contributed by atoms with van der Waals surface area (Å²) in [6.07, 6.45) is 0.465. The molecule has 4 nitrogen and oxygen atoms in total. The van der Waals surface area contributed by atoms with Crippen molar-refractivity contribution >= 4 is 23.1 Å². The van der Waals surface area contributed by atoms with Crippen LogP contribution in [0.15, 0.2) is 35.7 Å². The molecule has 19 heavy (non-hydrogen) atoms. The van der Waals surface area contributed by atoms with Gasteiger partial charge in [0.2, 0.25) is 0 Å². The molecule has 1 aromatic heterocycles. The number of benzene rings is 1. The molecule has 0 fully saturated rings. The molecular weight excluding hydrogens is 264 g/mol. The van der Waals surface area contributed by atoms with Gasteiger partial charge in [-0.15, -0.1) is 11.3 Å². The monoisotopic (exact) mass is 276 g/mol. The van der Waals surface area contributed by atoms with E-state index in [1.165, 1.54) is 6.07 Å². The van der Waals surface area contributed by atoms with E-state index in [4.69, 9.17) is 9.84 Å². The summed E-state index contributed by atoms with van der Waals surface area (Å²) >= 11 is 1.11. The van der Waals surface area contributed by atoms with Crippen molar-refractivity contribution in [1.82, 2.24) is 0 Å². The van der Waals surface area contributed by atoms with Crippen LogP contribution in [-0.4, -0.2) is 16.9 Å². The highest BCUT2D eigenvalue weighted by Crippen LogP contribution is 2.27. The van der Waals surface area contributed by atoms with Crippen molar-refractivity contribution in [1.29, 1.82) is 0 Å². The zero-order valence-electron chi connectivity index (χ0n) is 10.3. The number of aromatic carboxylic acids is 1. The van der Waals surface area contributed by atoms with Crippen molar-refractivity contribution in [2.24, 2.45) is 0 Å². The predicted molar refractivity (Wildman–Crippen MR) is 72.4 cm³/mol. The van der Waals surface area contributed by atoms with Crippen molar-refractivity contribution in [2.45, 2.75) is 13.3 Å². The third kappa shape index (κ3) is 3.20. The summed E-state index contributed by atoms with van der Waals surface area (Å²) in [5.74, 6) is 0.165. The first kappa shape index (κ1) is 13.3. The highest BCUT2D eigenvalue weighted by Gasteiger charge is 2.08. The number of thiophene rings is 1. The van der Waals surface area contributed by atoms with E-state index < -0.39 is 5.97 Å². The smallest absolute Gasteiger partial charge is 0.346 e. The molecule has 1 N–H and O–H groups in total. The fraction of sp³-hybridized carbons (Fsp3) is 0.143. The molecule has 0 radical (unpaired) electrons. The SMILES string of the molecule is CCC(=O)c1ccc(Oc2csc(C(=O)O)c2)cc1. The standard InChI is InChI=1S/C14H12O4S/c1-2-12(15)9-3-5-10(6-4-9)18-11-7-13(14(16)17)19-8-11/h3-8H,2H2,1H3,(H,16,17). The molecule has 0 bridgehead atoms. The Bertz CT molecular complexity index is 598. The Morgan fingerprint density at radius 2 is 1.89 bits per heavy atom. The zero-order valence-corrected chi connectivity index (χ0v) is 11.1. The van der Waals surface area contributed by atoms with E-state index in [0.29, 0.717) is 23.5 Å². The Morgan fingerprint density at radius 3 is 2.42 bits per heavy atom. The van der Waals surface area contributed by atoms with Crippen LogP contribution in [0.25, 0.3) is 0 Å². The van der Waals surface area contributed by atoms with E-state index >= 15 is 0 Å². The van der Waals surface area contributed by atoms with Crippen LogP contribution in [0.4, 0.5) is 0 Å². The van der Waals surface area contributed by atoms with Crippen LogP contribution in [0.1, 0.15) is 33.4 Å². The minimum Gasteiger partial charge on any atom is -0.477 e. The number of hydrogen-bond acceptors (Lipinski definition) is 4. The second kappa shape index (κ2) is 5.67. The molecule has 0 atom stereocenters. The van der Waals surface area contributed by atoms with E-state index in [-0.39, 0.29) is 10.7 Å². The Labute approximate surface area is 114 Å². The first-order valence-corrected chi connectivity index (χ1v) is 6.61. The minimum atomic E-state index is -0.969. The number of carboxylic acid groups (broad SMARTS) is 1. The highest BCUT2D eigenvalue weighted by atomic mass is 32.1.